The van der Waals surface area contributed by atoms with Gasteiger partial charge in [0.25, 0.3) is 0 Å². The Hall–Kier alpha value is -0.610. The van der Waals surface area contributed by atoms with Gasteiger partial charge in [-0.05, 0) is 42.9 Å². The molecule has 1 rings (SSSR count). The van der Waals surface area contributed by atoms with Crippen LogP contribution in [0.5, 0.6) is 0 Å². The van der Waals surface area contributed by atoms with Gasteiger partial charge in [0.1, 0.15) is 15.7 Å². The molecule has 1 aromatic rings. The number of benzene rings is 1. The molecular weight excluding hydrogens is 275 g/mol. The Balaban J connectivity index is 2.47. The number of rotatable bonds is 7. The predicted molar refractivity (Wildman–Crippen MR) is 73.3 cm³/mol. The molecule has 0 saturated carbocycles. The van der Waals surface area contributed by atoms with E-state index in [0.29, 0.717) is 18.7 Å². The van der Waals surface area contributed by atoms with E-state index in [1.807, 2.05) is 6.07 Å². The van der Waals surface area contributed by atoms with Crippen LogP contribution in [0.4, 0.5) is 4.39 Å². The zero-order chi connectivity index (χ0) is 13.6. The van der Waals surface area contributed by atoms with Crippen molar-refractivity contribution in [1.82, 2.24) is 0 Å². The highest BCUT2D eigenvalue weighted by molar-refractivity contribution is 7.90. The molecule has 0 saturated heterocycles. The van der Waals surface area contributed by atoms with Gasteiger partial charge in [0.15, 0.2) is 0 Å². The number of hydrogen-bond acceptors (Lipinski definition) is 2. The quantitative estimate of drug-likeness (QED) is 0.724. The van der Waals surface area contributed by atoms with E-state index in [-0.39, 0.29) is 17.5 Å². The van der Waals surface area contributed by atoms with Crippen molar-refractivity contribution in [3.8, 4) is 0 Å². The molecule has 1 unspecified atom stereocenters. The minimum absolute atomic E-state index is 0.184. The van der Waals surface area contributed by atoms with Gasteiger partial charge in [-0.2, -0.15) is 0 Å². The lowest BCUT2D eigenvalue weighted by Crippen LogP contribution is -2.10. The van der Waals surface area contributed by atoms with Crippen LogP contribution in [-0.2, 0) is 16.3 Å². The summed E-state index contributed by atoms with van der Waals surface area (Å²) in [5.74, 6) is 0.580. The zero-order valence-corrected chi connectivity index (χ0v) is 12.0. The van der Waals surface area contributed by atoms with Crippen LogP contribution in [0.2, 0.25) is 0 Å². The molecule has 0 aromatic heterocycles. The molecule has 18 heavy (non-hydrogen) atoms. The second-order valence-corrected chi connectivity index (χ2v) is 7.19. The van der Waals surface area contributed by atoms with Crippen LogP contribution in [-0.4, -0.2) is 26.3 Å². The normalized spacial score (nSPS) is 13.5. The highest BCUT2D eigenvalue weighted by Gasteiger charge is 2.11. The monoisotopic (exact) mass is 292 g/mol. The average Bonchev–Trinajstić information content (AvgIpc) is 2.26. The minimum atomic E-state index is -2.91. The molecule has 102 valence electrons. The summed E-state index contributed by atoms with van der Waals surface area (Å²) in [5.41, 5.74) is 0.903. The lowest BCUT2D eigenvalue weighted by atomic mass is 9.97. The second kappa shape index (κ2) is 7.10. The fourth-order valence-electron chi connectivity index (χ4n) is 1.87. The highest BCUT2D eigenvalue weighted by Crippen LogP contribution is 2.17. The SMILES string of the molecule is CS(=O)(=O)CCCC(CCl)Cc1cccc(F)c1. The van der Waals surface area contributed by atoms with E-state index in [2.05, 4.69) is 0 Å². The molecule has 0 N–H and O–H groups in total. The summed E-state index contributed by atoms with van der Waals surface area (Å²) in [7, 11) is -2.91. The average molecular weight is 293 g/mol. The third-order valence-electron chi connectivity index (χ3n) is 2.76. The zero-order valence-electron chi connectivity index (χ0n) is 10.4. The first-order valence-electron chi connectivity index (χ1n) is 5.89. The van der Waals surface area contributed by atoms with Crippen LogP contribution < -0.4 is 0 Å². The molecular formula is C13H18ClFO2S. The Morgan fingerprint density at radius 2 is 2.11 bits per heavy atom. The Morgan fingerprint density at radius 1 is 1.39 bits per heavy atom. The standard InChI is InChI=1S/C13H18ClFO2S/c1-18(16,17)7-3-5-12(10-14)8-11-4-2-6-13(15)9-11/h2,4,6,9,12H,3,5,7-8,10H2,1H3. The summed E-state index contributed by atoms with van der Waals surface area (Å²) in [5, 5.41) is 0. The molecule has 0 fully saturated rings. The summed E-state index contributed by atoms with van der Waals surface area (Å²) in [6, 6.07) is 6.44. The van der Waals surface area contributed by atoms with Gasteiger partial charge < -0.3 is 0 Å². The first kappa shape index (κ1) is 15.4. The van der Waals surface area contributed by atoms with Crippen LogP contribution in [0, 0.1) is 11.7 Å². The molecule has 0 radical (unpaired) electrons. The van der Waals surface area contributed by atoms with Crippen molar-refractivity contribution in [1.29, 1.82) is 0 Å². The first-order chi connectivity index (χ1) is 8.40. The van der Waals surface area contributed by atoms with E-state index in [1.54, 1.807) is 6.07 Å². The third kappa shape index (κ3) is 6.36. The van der Waals surface area contributed by atoms with Gasteiger partial charge in [-0.15, -0.1) is 11.6 Å². The molecule has 0 bridgehead atoms. The lowest BCUT2D eigenvalue weighted by molar-refractivity contribution is 0.522. The van der Waals surface area contributed by atoms with Crippen LogP contribution in [0.1, 0.15) is 18.4 Å². The van der Waals surface area contributed by atoms with Gasteiger partial charge in [0.05, 0.1) is 0 Å². The van der Waals surface area contributed by atoms with Gasteiger partial charge in [0, 0.05) is 17.9 Å². The maximum absolute atomic E-state index is 13.0. The van der Waals surface area contributed by atoms with Crippen LogP contribution in [0.25, 0.3) is 0 Å². The lowest BCUT2D eigenvalue weighted by Gasteiger charge is -2.13. The van der Waals surface area contributed by atoms with Gasteiger partial charge >= 0.3 is 0 Å². The number of alkyl halides is 1. The minimum Gasteiger partial charge on any atom is -0.229 e. The number of hydrogen-bond donors (Lipinski definition) is 0. The highest BCUT2D eigenvalue weighted by atomic mass is 35.5. The van der Waals surface area contributed by atoms with Crippen molar-refractivity contribution in [3.05, 3.63) is 35.6 Å². The first-order valence-corrected chi connectivity index (χ1v) is 8.48. The molecule has 2 nitrogen and oxygen atoms in total. The van der Waals surface area contributed by atoms with Crippen LogP contribution in [0.3, 0.4) is 0 Å². The maximum Gasteiger partial charge on any atom is 0.147 e. The van der Waals surface area contributed by atoms with Crippen molar-refractivity contribution in [2.24, 2.45) is 5.92 Å². The molecule has 1 aromatic carbocycles. The molecule has 1 atom stereocenters. The van der Waals surface area contributed by atoms with Crippen molar-refractivity contribution in [2.45, 2.75) is 19.3 Å². The van der Waals surface area contributed by atoms with Gasteiger partial charge in [-0.3, -0.25) is 0 Å². The van der Waals surface area contributed by atoms with Crippen molar-refractivity contribution in [2.75, 3.05) is 17.9 Å². The van der Waals surface area contributed by atoms with Gasteiger partial charge in [-0.25, -0.2) is 12.8 Å². The molecule has 5 heteroatoms. The summed E-state index contributed by atoms with van der Waals surface area (Å²) in [4.78, 5) is 0. The Kier molecular flexibility index (Phi) is 6.09. The van der Waals surface area contributed by atoms with Crippen molar-refractivity contribution < 1.29 is 12.8 Å². The Morgan fingerprint density at radius 3 is 2.67 bits per heavy atom. The van der Waals surface area contributed by atoms with Crippen LogP contribution in [0.15, 0.2) is 24.3 Å². The van der Waals surface area contributed by atoms with Crippen molar-refractivity contribution >= 4 is 21.4 Å². The van der Waals surface area contributed by atoms with E-state index in [4.69, 9.17) is 11.6 Å². The van der Waals surface area contributed by atoms with Gasteiger partial charge in [-0.1, -0.05) is 12.1 Å². The molecule has 0 spiro atoms. The summed E-state index contributed by atoms with van der Waals surface area (Å²) in [6.45, 7) is 0. The summed E-state index contributed by atoms with van der Waals surface area (Å²) < 4.78 is 35.1. The predicted octanol–water partition coefficient (Wildman–Crippen LogP) is 3.05. The molecule has 0 aliphatic heterocycles. The molecule has 0 aliphatic rings. The molecule has 0 amide bonds. The van der Waals surface area contributed by atoms with E-state index in [9.17, 15) is 12.8 Å². The Bertz CT molecular complexity index is 474. The van der Waals surface area contributed by atoms with Gasteiger partial charge in [0.2, 0.25) is 0 Å². The van der Waals surface area contributed by atoms with E-state index >= 15 is 0 Å². The summed E-state index contributed by atoms with van der Waals surface area (Å²) in [6.07, 6.45) is 3.26. The number of halogens is 2. The van der Waals surface area contributed by atoms with E-state index < -0.39 is 9.84 Å². The molecule has 0 heterocycles. The number of sulfone groups is 1. The second-order valence-electron chi connectivity index (χ2n) is 4.63. The topological polar surface area (TPSA) is 34.1 Å². The maximum atomic E-state index is 13.0. The van der Waals surface area contributed by atoms with Crippen LogP contribution >= 0.6 is 11.6 Å². The fourth-order valence-corrected chi connectivity index (χ4v) is 2.82. The summed E-state index contributed by atoms with van der Waals surface area (Å²) >= 11 is 5.86. The largest absolute Gasteiger partial charge is 0.229 e. The fraction of sp³-hybridized carbons (Fsp3) is 0.538. The molecule has 0 aliphatic carbocycles. The smallest absolute Gasteiger partial charge is 0.147 e. The van der Waals surface area contributed by atoms with E-state index in [0.717, 1.165) is 12.0 Å². The van der Waals surface area contributed by atoms with E-state index in [1.165, 1.54) is 18.4 Å². The Labute approximate surface area is 113 Å². The third-order valence-corrected chi connectivity index (χ3v) is 4.23. The van der Waals surface area contributed by atoms with Crippen molar-refractivity contribution in [3.63, 3.8) is 0 Å².